The van der Waals surface area contributed by atoms with Crippen LogP contribution in [-0.4, -0.2) is 48.2 Å². The third kappa shape index (κ3) is 10.4. The summed E-state index contributed by atoms with van der Waals surface area (Å²) in [5.41, 5.74) is 20.8. The van der Waals surface area contributed by atoms with Gasteiger partial charge in [0.25, 0.3) is 0 Å². The van der Waals surface area contributed by atoms with Gasteiger partial charge in [0.2, 0.25) is 0 Å². The van der Waals surface area contributed by atoms with Crippen molar-refractivity contribution in [1.29, 1.82) is 0 Å². The van der Waals surface area contributed by atoms with E-state index in [1.165, 1.54) is 91.7 Å². The first-order valence-electron chi connectivity index (χ1n) is 38.2. The molecule has 0 unspecified atom stereocenters. The molecule has 0 aliphatic rings. The summed E-state index contributed by atoms with van der Waals surface area (Å²) in [5.74, 6) is 3.75. The quantitative estimate of drug-likeness (QED) is 0.134. The van der Waals surface area contributed by atoms with Crippen LogP contribution >= 0.6 is 11.3 Å². The van der Waals surface area contributed by atoms with Gasteiger partial charge in [-0.1, -0.05) is 279 Å². The number of hydrogen-bond donors (Lipinski definition) is 0. The highest BCUT2D eigenvalue weighted by atomic mass is 32.1. The maximum atomic E-state index is 7.04. The van der Waals surface area contributed by atoms with Crippen molar-refractivity contribution in [3.8, 4) is 91.1 Å². The molecule has 532 valence electrons. The number of fused-ring (bicyclic) bond motifs is 18. The molecule has 0 bridgehead atoms. The van der Waals surface area contributed by atoms with Crippen molar-refractivity contribution in [1.82, 2.24) is 48.2 Å². The molecule has 0 fully saturated rings. The van der Waals surface area contributed by atoms with Gasteiger partial charge >= 0.3 is 0 Å². The highest BCUT2D eigenvalue weighted by Crippen LogP contribution is 2.47. The number of rotatable bonds is 10. The number of hydrogen-bond acceptors (Lipinski definition) is 8. The minimum atomic E-state index is 0.559. The molecule has 0 spiro atoms. The first kappa shape index (κ1) is 64.7. The average molecular weight is 1480 g/mol. The highest BCUT2D eigenvalue weighted by molar-refractivity contribution is 7.26. The van der Waals surface area contributed by atoms with Gasteiger partial charge in [-0.15, -0.1) is 11.3 Å². The zero-order chi connectivity index (χ0) is 74.9. The Hall–Kier alpha value is -15.2. The fraction of sp³-hybridized carbons (Fsp3) is 0. The van der Waals surface area contributed by atoms with Crippen LogP contribution in [0.1, 0.15) is 0 Å². The lowest BCUT2D eigenvalue weighted by molar-refractivity contribution is 0.667. The first-order valence-corrected chi connectivity index (χ1v) is 39.1. The monoisotopic (exact) mass is 1470 g/mol. The summed E-state index contributed by atoms with van der Waals surface area (Å²) in [4.78, 5) is 30.2. The Kier molecular flexibility index (Phi) is 14.9. The molecule has 24 rings (SSSR count). The van der Waals surface area contributed by atoms with Crippen molar-refractivity contribution in [2.75, 3.05) is 0 Å². The van der Waals surface area contributed by atoms with Crippen molar-refractivity contribution in [3.05, 3.63) is 376 Å². The summed E-state index contributed by atoms with van der Waals surface area (Å²) in [6.45, 7) is 0. The van der Waals surface area contributed by atoms with Crippen LogP contribution in [0.3, 0.4) is 0 Å². The third-order valence-corrected chi connectivity index (χ3v) is 23.6. The van der Waals surface area contributed by atoms with Gasteiger partial charge in [0.1, 0.15) is 5.58 Å². The van der Waals surface area contributed by atoms with E-state index in [9.17, 15) is 0 Å². The van der Waals surface area contributed by atoms with Crippen molar-refractivity contribution in [3.63, 3.8) is 0 Å². The van der Waals surface area contributed by atoms with Gasteiger partial charge in [-0.25, -0.2) is 29.9 Å². The van der Waals surface area contributed by atoms with Crippen molar-refractivity contribution < 1.29 is 4.42 Å². The van der Waals surface area contributed by atoms with Gasteiger partial charge in [0.15, 0.2) is 40.5 Å². The van der Waals surface area contributed by atoms with Crippen LogP contribution < -0.4 is 0 Å². The molecular formula is C102H62N10OS. The van der Waals surface area contributed by atoms with E-state index in [-0.39, 0.29) is 0 Å². The zero-order valence-electron chi connectivity index (χ0n) is 61.1. The standard InChI is InChI=1S/C51H31N5O.C51H31N5S/c2*1-3-15-32(16-4-1)49-52-50(33-17-5-2-6-18-33)54-51(53-49)40-24-13-22-38-39-23-14-28-46(48(39)57-47(38)40)56-44-27-12-9-21-37(44)41-31-34(29-30-45(41)56)55-42-25-10-7-19-35(42)36-20-8-11-26-43(36)55/h2*1-31H. The summed E-state index contributed by atoms with van der Waals surface area (Å²) in [7, 11) is 0. The number of furan rings is 1. The molecule has 114 heavy (non-hydrogen) atoms. The molecule has 0 N–H and O–H groups in total. The Balaban J connectivity index is 0.000000135. The molecule has 11 nitrogen and oxygen atoms in total. The smallest absolute Gasteiger partial charge is 0.167 e. The van der Waals surface area contributed by atoms with Crippen LogP contribution in [0.4, 0.5) is 0 Å². The lowest BCUT2D eigenvalue weighted by Gasteiger charge is -2.11. The normalized spacial score (nSPS) is 11.9. The summed E-state index contributed by atoms with van der Waals surface area (Å²) < 4.78 is 19.0. The first-order chi connectivity index (χ1) is 56.6. The molecule has 16 aromatic carbocycles. The van der Waals surface area contributed by atoms with Crippen LogP contribution in [0.5, 0.6) is 0 Å². The van der Waals surface area contributed by atoms with Crippen LogP contribution in [0.25, 0.3) is 220 Å². The van der Waals surface area contributed by atoms with Crippen molar-refractivity contribution in [2.24, 2.45) is 0 Å². The number of thiophene rings is 1. The molecule has 8 aromatic heterocycles. The fourth-order valence-corrected chi connectivity index (χ4v) is 18.6. The lowest BCUT2D eigenvalue weighted by atomic mass is 10.1. The van der Waals surface area contributed by atoms with E-state index in [0.29, 0.717) is 34.9 Å². The highest BCUT2D eigenvalue weighted by Gasteiger charge is 2.26. The molecule has 0 saturated heterocycles. The van der Waals surface area contributed by atoms with E-state index in [0.717, 1.165) is 93.8 Å². The molecular weight excluding hydrogens is 1410 g/mol. The SMILES string of the molecule is c1ccc(-c2nc(-c3ccccc3)nc(-c3cccc4c3oc3c(-n5c6ccccc6c6cc(-n7c8ccccc8c8ccccc87)ccc65)cccc34)n2)cc1.c1ccc(-c2nc(-c3ccccc3)nc(-c3cccc4c3sc3c(-n5c6ccccc6c6cc(-n7c8ccccc8c8ccccc87)ccc65)cccc34)n2)cc1. The van der Waals surface area contributed by atoms with Crippen LogP contribution in [-0.2, 0) is 0 Å². The van der Waals surface area contributed by atoms with Gasteiger partial charge in [0.05, 0.1) is 65.8 Å². The molecule has 0 amide bonds. The molecule has 0 aliphatic heterocycles. The lowest BCUT2D eigenvalue weighted by Crippen LogP contribution is -2.00. The molecule has 0 saturated carbocycles. The Morgan fingerprint density at radius 3 is 0.904 bits per heavy atom. The van der Waals surface area contributed by atoms with Crippen LogP contribution in [0.2, 0.25) is 0 Å². The molecule has 8 heterocycles. The zero-order valence-corrected chi connectivity index (χ0v) is 61.9. The number of para-hydroxylation sites is 8. The molecule has 24 aromatic rings. The van der Waals surface area contributed by atoms with E-state index in [1.807, 2.05) is 114 Å². The Labute approximate surface area is 656 Å². The molecule has 0 atom stereocenters. The Bertz CT molecular complexity index is 7300. The van der Waals surface area contributed by atoms with Gasteiger partial charge in [-0.3, -0.25) is 0 Å². The Morgan fingerprint density at radius 1 is 0.193 bits per heavy atom. The van der Waals surface area contributed by atoms with E-state index >= 15 is 0 Å². The second kappa shape index (κ2) is 26.2. The summed E-state index contributed by atoms with van der Waals surface area (Å²) >= 11 is 1.81. The predicted octanol–water partition coefficient (Wildman–Crippen LogP) is 26.4. The predicted molar refractivity (Wildman–Crippen MR) is 470 cm³/mol. The van der Waals surface area contributed by atoms with Gasteiger partial charge in [-0.05, 0) is 97.1 Å². The minimum absolute atomic E-state index is 0.559. The van der Waals surface area contributed by atoms with E-state index in [2.05, 4.69) is 291 Å². The third-order valence-electron chi connectivity index (χ3n) is 22.4. The number of nitrogens with zero attached hydrogens (tertiary/aromatic N) is 10. The summed E-state index contributed by atoms with van der Waals surface area (Å²) in [6.07, 6.45) is 0. The van der Waals surface area contributed by atoms with Gasteiger partial charge < -0.3 is 22.7 Å². The minimum Gasteiger partial charge on any atom is -0.453 e. The van der Waals surface area contributed by atoms with Crippen molar-refractivity contribution in [2.45, 2.75) is 0 Å². The molecule has 12 heteroatoms. The average Bonchev–Trinajstić information content (AvgIpc) is 1.56. The summed E-state index contributed by atoms with van der Waals surface area (Å²) in [5, 5.41) is 14.2. The number of aromatic nitrogens is 10. The van der Waals surface area contributed by atoms with Gasteiger partial charge in [0, 0.05) is 109 Å². The fourth-order valence-electron chi connectivity index (χ4n) is 17.3. The van der Waals surface area contributed by atoms with E-state index < -0.39 is 0 Å². The van der Waals surface area contributed by atoms with E-state index in [4.69, 9.17) is 34.3 Å². The van der Waals surface area contributed by atoms with Crippen LogP contribution in [0, 0.1) is 0 Å². The molecule has 0 radical (unpaired) electrons. The van der Waals surface area contributed by atoms with Gasteiger partial charge in [-0.2, -0.15) is 0 Å². The second-order valence-electron chi connectivity index (χ2n) is 28.8. The largest absolute Gasteiger partial charge is 0.453 e. The number of benzene rings is 16. The maximum absolute atomic E-state index is 7.04. The second-order valence-corrected chi connectivity index (χ2v) is 29.8. The topological polar surface area (TPSA) is 110 Å². The van der Waals surface area contributed by atoms with Crippen LogP contribution in [0.15, 0.2) is 381 Å². The molecule has 0 aliphatic carbocycles. The maximum Gasteiger partial charge on any atom is 0.167 e. The summed E-state index contributed by atoms with van der Waals surface area (Å²) in [6, 6.07) is 132. The van der Waals surface area contributed by atoms with Crippen molar-refractivity contribution >= 4 is 141 Å². The Morgan fingerprint density at radius 2 is 0.482 bits per heavy atom. The van der Waals surface area contributed by atoms with E-state index in [1.54, 1.807) is 0 Å².